The molecule has 0 radical (unpaired) electrons. The number of amides is 2. The van der Waals surface area contributed by atoms with Gasteiger partial charge in [-0.2, -0.15) is 0 Å². The molecule has 1 N–H and O–H groups in total. The highest BCUT2D eigenvalue weighted by Gasteiger charge is 2.29. The third-order valence-corrected chi connectivity index (χ3v) is 5.87. The van der Waals surface area contributed by atoms with E-state index in [0.717, 1.165) is 16.1 Å². The van der Waals surface area contributed by atoms with Crippen LogP contribution in [0.2, 0.25) is 0 Å². The monoisotopic (exact) mass is 431 g/mol. The van der Waals surface area contributed by atoms with E-state index >= 15 is 0 Å². The van der Waals surface area contributed by atoms with E-state index in [1.807, 2.05) is 37.3 Å². The van der Waals surface area contributed by atoms with Crippen molar-refractivity contribution in [3.05, 3.63) is 66.2 Å². The second-order valence-electron chi connectivity index (χ2n) is 7.00. The van der Waals surface area contributed by atoms with Crippen LogP contribution in [0.3, 0.4) is 0 Å². The largest absolute Gasteiger partial charge is 0.355 e. The lowest BCUT2D eigenvalue weighted by molar-refractivity contribution is -0.138. The summed E-state index contributed by atoms with van der Waals surface area (Å²) in [5.74, 6) is -0.705. The molecule has 2 aromatic rings. The molecular formula is C22H29N3O4S. The molecule has 2 rings (SSSR count). The van der Waals surface area contributed by atoms with Crippen LogP contribution in [0.4, 0.5) is 5.69 Å². The van der Waals surface area contributed by atoms with E-state index in [-0.39, 0.29) is 12.5 Å². The standard InChI is InChI=1S/C22H29N3O4S/c1-4-23-22(27)18(2)24(16-15-19-11-7-5-8-12-19)21(26)17-25(30(3,28)29)20-13-9-6-10-14-20/h5-14,18H,4,15-17H2,1-3H3,(H,23,27)/t18-/m1/s1. The molecule has 0 aliphatic carbocycles. The van der Waals surface area contributed by atoms with Crippen LogP contribution < -0.4 is 9.62 Å². The molecular weight excluding hydrogens is 402 g/mol. The van der Waals surface area contributed by atoms with Gasteiger partial charge in [0, 0.05) is 13.1 Å². The smallest absolute Gasteiger partial charge is 0.244 e. The maximum Gasteiger partial charge on any atom is 0.244 e. The third kappa shape index (κ3) is 6.59. The first kappa shape index (κ1) is 23.4. The molecule has 30 heavy (non-hydrogen) atoms. The fraction of sp³-hybridized carbons (Fsp3) is 0.364. The minimum atomic E-state index is -3.68. The Morgan fingerprint density at radius 2 is 1.57 bits per heavy atom. The average molecular weight is 432 g/mol. The Balaban J connectivity index is 2.26. The van der Waals surface area contributed by atoms with Gasteiger partial charge in [0.1, 0.15) is 12.6 Å². The van der Waals surface area contributed by atoms with Gasteiger partial charge in [-0.3, -0.25) is 13.9 Å². The average Bonchev–Trinajstić information content (AvgIpc) is 2.72. The molecule has 0 saturated heterocycles. The van der Waals surface area contributed by atoms with E-state index < -0.39 is 22.0 Å². The summed E-state index contributed by atoms with van der Waals surface area (Å²) in [6.07, 6.45) is 1.62. The first-order valence-electron chi connectivity index (χ1n) is 9.88. The minimum Gasteiger partial charge on any atom is -0.355 e. The Bertz CT molecular complexity index is 933. The van der Waals surface area contributed by atoms with E-state index in [4.69, 9.17) is 0 Å². The number of carbonyl (C=O) groups is 2. The fourth-order valence-electron chi connectivity index (χ4n) is 3.10. The van der Waals surface area contributed by atoms with E-state index in [2.05, 4.69) is 5.32 Å². The molecule has 162 valence electrons. The number of nitrogens with one attached hydrogen (secondary N) is 1. The van der Waals surface area contributed by atoms with Gasteiger partial charge in [-0.15, -0.1) is 0 Å². The van der Waals surface area contributed by atoms with Gasteiger partial charge in [0.25, 0.3) is 0 Å². The topological polar surface area (TPSA) is 86.8 Å². The maximum atomic E-state index is 13.2. The van der Waals surface area contributed by atoms with Crippen LogP contribution in [0, 0.1) is 0 Å². The lowest BCUT2D eigenvalue weighted by atomic mass is 10.1. The lowest BCUT2D eigenvalue weighted by Crippen LogP contribution is -2.52. The number of carbonyl (C=O) groups excluding carboxylic acids is 2. The van der Waals surface area contributed by atoms with Crippen molar-refractivity contribution in [1.29, 1.82) is 0 Å². The van der Waals surface area contributed by atoms with E-state index in [1.165, 1.54) is 4.90 Å². The zero-order chi connectivity index (χ0) is 22.1. The Morgan fingerprint density at radius 3 is 2.10 bits per heavy atom. The normalized spacial score (nSPS) is 12.1. The molecule has 7 nitrogen and oxygen atoms in total. The van der Waals surface area contributed by atoms with Crippen molar-refractivity contribution in [3.63, 3.8) is 0 Å². The van der Waals surface area contributed by atoms with Crippen molar-refractivity contribution in [1.82, 2.24) is 10.2 Å². The molecule has 0 heterocycles. The van der Waals surface area contributed by atoms with E-state index in [1.54, 1.807) is 37.3 Å². The van der Waals surface area contributed by atoms with Crippen LogP contribution in [0.5, 0.6) is 0 Å². The highest BCUT2D eigenvalue weighted by molar-refractivity contribution is 7.92. The predicted octanol–water partition coefficient (Wildman–Crippen LogP) is 2.05. The quantitative estimate of drug-likeness (QED) is 0.624. The number of rotatable bonds is 10. The van der Waals surface area contributed by atoms with Crippen LogP contribution in [-0.4, -0.2) is 57.1 Å². The summed E-state index contributed by atoms with van der Waals surface area (Å²) in [5, 5.41) is 2.73. The molecule has 8 heteroatoms. The number of sulfonamides is 1. The summed E-state index contributed by atoms with van der Waals surface area (Å²) < 4.78 is 25.8. The number of hydrogen-bond acceptors (Lipinski definition) is 4. The van der Waals surface area contributed by atoms with Crippen molar-refractivity contribution in [3.8, 4) is 0 Å². The molecule has 0 unspecified atom stereocenters. The van der Waals surface area contributed by atoms with Crippen LogP contribution in [0.1, 0.15) is 19.4 Å². The van der Waals surface area contributed by atoms with Gasteiger partial charge >= 0.3 is 0 Å². The van der Waals surface area contributed by atoms with E-state index in [0.29, 0.717) is 25.2 Å². The van der Waals surface area contributed by atoms with Crippen molar-refractivity contribution in [2.75, 3.05) is 30.2 Å². The number of hydrogen-bond donors (Lipinski definition) is 1. The molecule has 2 amide bonds. The Hall–Kier alpha value is -2.87. The van der Waals surface area contributed by atoms with E-state index in [9.17, 15) is 18.0 Å². The minimum absolute atomic E-state index is 0.274. The van der Waals surface area contributed by atoms with Crippen LogP contribution in [0.25, 0.3) is 0 Å². The maximum absolute atomic E-state index is 13.2. The summed E-state index contributed by atoms with van der Waals surface area (Å²) in [6.45, 7) is 3.83. The Kier molecular flexibility index (Phi) is 8.41. The number of benzene rings is 2. The van der Waals surface area contributed by atoms with Crippen molar-refractivity contribution >= 4 is 27.5 Å². The summed E-state index contributed by atoms with van der Waals surface area (Å²) in [4.78, 5) is 27.0. The number of likely N-dealkylation sites (N-methyl/N-ethyl adjacent to an activating group) is 1. The van der Waals surface area contributed by atoms with Gasteiger partial charge in [-0.05, 0) is 38.0 Å². The fourth-order valence-corrected chi connectivity index (χ4v) is 3.95. The summed E-state index contributed by atoms with van der Waals surface area (Å²) in [5.41, 5.74) is 1.43. The molecule has 0 fully saturated rings. The first-order valence-corrected chi connectivity index (χ1v) is 11.7. The molecule has 0 aromatic heterocycles. The van der Waals surface area contributed by atoms with Gasteiger partial charge < -0.3 is 10.2 Å². The second-order valence-corrected chi connectivity index (χ2v) is 8.91. The van der Waals surface area contributed by atoms with Crippen molar-refractivity contribution in [2.24, 2.45) is 0 Å². The SMILES string of the molecule is CCNC(=O)[C@@H](C)N(CCc1ccccc1)C(=O)CN(c1ccccc1)S(C)(=O)=O. The van der Waals surface area contributed by atoms with Crippen LogP contribution in [-0.2, 0) is 26.0 Å². The predicted molar refractivity (Wildman–Crippen MR) is 119 cm³/mol. The molecule has 0 aliphatic heterocycles. The number of para-hydroxylation sites is 1. The lowest BCUT2D eigenvalue weighted by Gasteiger charge is -2.31. The molecule has 1 atom stereocenters. The summed E-state index contributed by atoms with van der Waals surface area (Å²) in [6, 6.07) is 17.4. The molecule has 0 aliphatic rings. The molecule has 0 saturated carbocycles. The van der Waals surface area contributed by atoms with Gasteiger partial charge in [-0.25, -0.2) is 8.42 Å². The highest BCUT2D eigenvalue weighted by atomic mass is 32.2. The van der Waals surface area contributed by atoms with Crippen LogP contribution >= 0.6 is 0 Å². The summed E-state index contributed by atoms with van der Waals surface area (Å²) in [7, 11) is -3.68. The first-order chi connectivity index (χ1) is 14.2. The Labute approximate surface area is 178 Å². The summed E-state index contributed by atoms with van der Waals surface area (Å²) >= 11 is 0. The van der Waals surface area contributed by atoms with Crippen molar-refractivity contribution < 1.29 is 18.0 Å². The second kappa shape index (κ2) is 10.8. The Morgan fingerprint density at radius 1 is 1.00 bits per heavy atom. The molecule has 2 aromatic carbocycles. The number of anilines is 1. The van der Waals surface area contributed by atoms with Gasteiger partial charge in [0.15, 0.2) is 0 Å². The van der Waals surface area contributed by atoms with Gasteiger partial charge in [-0.1, -0.05) is 48.5 Å². The van der Waals surface area contributed by atoms with Gasteiger partial charge in [0.05, 0.1) is 11.9 Å². The van der Waals surface area contributed by atoms with Gasteiger partial charge in [0.2, 0.25) is 21.8 Å². The van der Waals surface area contributed by atoms with Crippen LogP contribution in [0.15, 0.2) is 60.7 Å². The zero-order valence-corrected chi connectivity index (χ0v) is 18.4. The zero-order valence-electron chi connectivity index (χ0n) is 17.6. The molecule has 0 bridgehead atoms. The number of nitrogens with zero attached hydrogens (tertiary/aromatic N) is 2. The highest BCUT2D eigenvalue weighted by Crippen LogP contribution is 2.17. The third-order valence-electron chi connectivity index (χ3n) is 4.73. The van der Waals surface area contributed by atoms with Crippen molar-refractivity contribution in [2.45, 2.75) is 26.3 Å². The molecule has 0 spiro atoms.